The highest BCUT2D eigenvalue weighted by molar-refractivity contribution is 7.91. The Labute approximate surface area is 147 Å². The number of amides is 1. The highest BCUT2D eigenvalue weighted by Crippen LogP contribution is 2.21. The molecule has 2 heterocycles. The third-order valence-electron chi connectivity index (χ3n) is 4.44. The second kappa shape index (κ2) is 6.84. The number of nitrogens with zero attached hydrogens (tertiary/aromatic N) is 2. The van der Waals surface area contributed by atoms with Gasteiger partial charge in [-0.3, -0.25) is 4.79 Å². The van der Waals surface area contributed by atoms with Crippen LogP contribution in [0.3, 0.4) is 0 Å². The number of aryl methyl sites for hydroxylation is 1. The number of anilines is 2. The third-order valence-corrected chi connectivity index (χ3v) is 6.19. The zero-order chi connectivity index (χ0) is 18.0. The molecule has 0 bridgehead atoms. The predicted molar refractivity (Wildman–Crippen MR) is 98.8 cm³/mol. The number of carbonyl (C=O) groups excluding carboxylic acids is 1. The Morgan fingerprint density at radius 1 is 1.20 bits per heavy atom. The Morgan fingerprint density at radius 2 is 1.92 bits per heavy atom. The zero-order valence-electron chi connectivity index (χ0n) is 14.3. The van der Waals surface area contributed by atoms with Gasteiger partial charge in [0.05, 0.1) is 17.1 Å². The summed E-state index contributed by atoms with van der Waals surface area (Å²) in [5, 5.41) is 2.83. The molecule has 6 nitrogen and oxygen atoms in total. The van der Waals surface area contributed by atoms with E-state index in [1.807, 2.05) is 43.1 Å². The Kier molecular flexibility index (Phi) is 4.76. The van der Waals surface area contributed by atoms with Gasteiger partial charge in [-0.2, -0.15) is 0 Å². The van der Waals surface area contributed by atoms with Gasteiger partial charge in [0.15, 0.2) is 9.84 Å². The van der Waals surface area contributed by atoms with Crippen LogP contribution in [0.1, 0.15) is 22.3 Å². The van der Waals surface area contributed by atoms with Gasteiger partial charge in [0, 0.05) is 25.0 Å². The summed E-state index contributed by atoms with van der Waals surface area (Å²) in [5.41, 5.74) is 2.31. The lowest BCUT2D eigenvalue weighted by atomic mass is 10.2. The second-order valence-corrected chi connectivity index (χ2v) is 8.62. The van der Waals surface area contributed by atoms with Crippen molar-refractivity contribution in [2.24, 2.45) is 0 Å². The minimum atomic E-state index is -2.94. The van der Waals surface area contributed by atoms with E-state index >= 15 is 0 Å². The fraction of sp³-hybridized carbons (Fsp3) is 0.333. The molecule has 1 aliphatic rings. The van der Waals surface area contributed by atoms with Crippen molar-refractivity contribution in [1.29, 1.82) is 0 Å². The maximum Gasteiger partial charge on any atom is 0.257 e. The Hall–Kier alpha value is -2.41. The van der Waals surface area contributed by atoms with Crippen molar-refractivity contribution in [3.8, 4) is 0 Å². The predicted octanol–water partition coefficient (Wildman–Crippen LogP) is 2.27. The molecule has 7 heteroatoms. The number of rotatable bonds is 4. The van der Waals surface area contributed by atoms with Gasteiger partial charge in [0.2, 0.25) is 0 Å². The highest BCUT2D eigenvalue weighted by atomic mass is 32.2. The molecule has 132 valence electrons. The van der Waals surface area contributed by atoms with E-state index in [4.69, 9.17) is 0 Å². The first-order valence-electron chi connectivity index (χ1n) is 8.11. The number of pyridine rings is 1. The van der Waals surface area contributed by atoms with Crippen LogP contribution in [0.2, 0.25) is 0 Å². The molecule has 1 amide bonds. The SMILES string of the molecule is Cc1ccc(NC(=O)c2ccc(N(C)C3CCS(=O)(=O)C3)nc2)cc1. The summed E-state index contributed by atoms with van der Waals surface area (Å²) in [5.74, 6) is 0.808. The van der Waals surface area contributed by atoms with E-state index in [-0.39, 0.29) is 23.5 Å². The van der Waals surface area contributed by atoms with Crippen LogP contribution in [0.15, 0.2) is 42.6 Å². The van der Waals surface area contributed by atoms with Gasteiger partial charge in [0.1, 0.15) is 5.82 Å². The minimum absolute atomic E-state index is 0.0651. The van der Waals surface area contributed by atoms with Gasteiger partial charge in [-0.05, 0) is 37.6 Å². The first-order chi connectivity index (χ1) is 11.8. The topological polar surface area (TPSA) is 79.4 Å². The Morgan fingerprint density at radius 3 is 2.48 bits per heavy atom. The molecule has 1 aromatic carbocycles. The zero-order valence-corrected chi connectivity index (χ0v) is 15.1. The molecular formula is C18H21N3O3S. The number of sulfone groups is 1. The van der Waals surface area contributed by atoms with Crippen LogP contribution < -0.4 is 10.2 Å². The number of hydrogen-bond acceptors (Lipinski definition) is 5. The van der Waals surface area contributed by atoms with Gasteiger partial charge in [-0.25, -0.2) is 13.4 Å². The molecule has 0 spiro atoms. The van der Waals surface area contributed by atoms with E-state index in [0.29, 0.717) is 17.8 Å². The molecule has 1 aromatic heterocycles. The number of benzene rings is 1. The quantitative estimate of drug-likeness (QED) is 0.906. The van der Waals surface area contributed by atoms with Gasteiger partial charge in [-0.1, -0.05) is 17.7 Å². The van der Waals surface area contributed by atoms with Gasteiger partial charge < -0.3 is 10.2 Å². The summed E-state index contributed by atoms with van der Waals surface area (Å²) >= 11 is 0. The number of aromatic nitrogens is 1. The van der Waals surface area contributed by atoms with E-state index in [1.165, 1.54) is 6.20 Å². The van der Waals surface area contributed by atoms with E-state index in [0.717, 1.165) is 11.3 Å². The van der Waals surface area contributed by atoms with Gasteiger partial charge in [0.25, 0.3) is 5.91 Å². The van der Waals surface area contributed by atoms with Crippen molar-refractivity contribution in [2.45, 2.75) is 19.4 Å². The van der Waals surface area contributed by atoms with Crippen molar-refractivity contribution in [1.82, 2.24) is 4.98 Å². The van der Waals surface area contributed by atoms with E-state index in [2.05, 4.69) is 10.3 Å². The molecule has 1 fully saturated rings. The summed E-state index contributed by atoms with van der Waals surface area (Å²) in [7, 11) is -1.11. The lowest BCUT2D eigenvalue weighted by molar-refractivity contribution is 0.102. The molecule has 1 aliphatic heterocycles. The van der Waals surface area contributed by atoms with E-state index in [9.17, 15) is 13.2 Å². The molecule has 2 aromatic rings. The van der Waals surface area contributed by atoms with Crippen molar-refractivity contribution < 1.29 is 13.2 Å². The number of carbonyl (C=O) groups is 1. The molecule has 1 saturated heterocycles. The third kappa shape index (κ3) is 4.17. The van der Waals surface area contributed by atoms with E-state index in [1.54, 1.807) is 12.1 Å². The summed E-state index contributed by atoms with van der Waals surface area (Å²) in [6.07, 6.45) is 2.12. The number of hydrogen-bond donors (Lipinski definition) is 1. The van der Waals surface area contributed by atoms with E-state index < -0.39 is 9.84 Å². The molecule has 1 atom stereocenters. The van der Waals surface area contributed by atoms with Crippen LogP contribution in [0.5, 0.6) is 0 Å². The van der Waals surface area contributed by atoms with Crippen molar-refractivity contribution in [3.05, 3.63) is 53.7 Å². The van der Waals surface area contributed by atoms with Crippen LogP contribution in [0.4, 0.5) is 11.5 Å². The summed E-state index contributed by atoms with van der Waals surface area (Å²) in [4.78, 5) is 18.5. The van der Waals surface area contributed by atoms with Crippen molar-refractivity contribution >= 4 is 27.2 Å². The maximum atomic E-state index is 12.3. The first kappa shape index (κ1) is 17.4. The molecule has 3 rings (SSSR count). The first-order valence-corrected chi connectivity index (χ1v) is 9.93. The largest absolute Gasteiger partial charge is 0.356 e. The molecule has 25 heavy (non-hydrogen) atoms. The van der Waals surface area contributed by atoms with Crippen LogP contribution in [0.25, 0.3) is 0 Å². The molecule has 0 aliphatic carbocycles. The average Bonchev–Trinajstić information content (AvgIpc) is 2.96. The molecular weight excluding hydrogens is 338 g/mol. The standard InChI is InChI=1S/C18H21N3O3S/c1-13-3-6-15(7-4-13)20-18(22)14-5-8-17(19-11-14)21(2)16-9-10-25(23,24)12-16/h3-8,11,16H,9-10,12H2,1-2H3,(H,20,22). The maximum absolute atomic E-state index is 12.3. The fourth-order valence-corrected chi connectivity index (χ4v) is 4.61. The average molecular weight is 359 g/mol. The van der Waals surface area contributed by atoms with Crippen LogP contribution >= 0.6 is 0 Å². The summed E-state index contributed by atoms with van der Waals surface area (Å²) in [6.45, 7) is 1.99. The monoisotopic (exact) mass is 359 g/mol. The van der Waals surface area contributed by atoms with Crippen molar-refractivity contribution in [3.63, 3.8) is 0 Å². The molecule has 0 saturated carbocycles. The van der Waals surface area contributed by atoms with Gasteiger partial charge in [-0.15, -0.1) is 0 Å². The summed E-state index contributed by atoms with van der Waals surface area (Å²) < 4.78 is 23.2. The molecule has 1 N–H and O–H groups in total. The lowest BCUT2D eigenvalue weighted by Gasteiger charge is -2.24. The molecule has 0 radical (unpaired) electrons. The molecule has 1 unspecified atom stereocenters. The normalized spacial score (nSPS) is 18.7. The van der Waals surface area contributed by atoms with Crippen LogP contribution in [-0.4, -0.2) is 43.9 Å². The number of nitrogens with one attached hydrogen (secondary N) is 1. The lowest BCUT2D eigenvalue weighted by Crippen LogP contribution is -2.33. The van der Waals surface area contributed by atoms with Gasteiger partial charge >= 0.3 is 0 Å². The smallest absolute Gasteiger partial charge is 0.257 e. The minimum Gasteiger partial charge on any atom is -0.356 e. The van der Waals surface area contributed by atoms with Crippen LogP contribution in [0, 0.1) is 6.92 Å². The fourth-order valence-electron chi connectivity index (χ4n) is 2.84. The highest BCUT2D eigenvalue weighted by Gasteiger charge is 2.31. The second-order valence-electron chi connectivity index (χ2n) is 6.39. The Balaban J connectivity index is 1.67. The summed E-state index contributed by atoms with van der Waals surface area (Å²) in [6, 6.07) is 10.9. The Bertz CT molecular complexity index is 861. The van der Waals surface area contributed by atoms with Crippen LogP contribution in [-0.2, 0) is 9.84 Å². The van der Waals surface area contributed by atoms with Crippen molar-refractivity contribution in [2.75, 3.05) is 28.8 Å².